The first-order chi connectivity index (χ1) is 10.3. The number of halogens is 1. The molecule has 1 fully saturated rings. The Morgan fingerprint density at radius 2 is 2.10 bits per heavy atom. The molecule has 1 amide bonds. The first-order valence-electron chi connectivity index (χ1n) is 7.15. The summed E-state index contributed by atoms with van der Waals surface area (Å²) in [6, 6.07) is 7.53. The number of hydrogen-bond acceptors (Lipinski definition) is 3. The quantitative estimate of drug-likeness (QED) is 0.857. The van der Waals surface area contributed by atoms with Crippen LogP contribution in [0, 0.1) is 0 Å². The molecule has 0 aliphatic carbocycles. The fraction of sp³-hybridized carbons (Fsp3) is 0.400. The number of aromatic nitrogens is 3. The molecule has 0 spiro atoms. The van der Waals surface area contributed by atoms with Gasteiger partial charge in [0.1, 0.15) is 0 Å². The van der Waals surface area contributed by atoms with E-state index in [1.54, 1.807) is 18.3 Å². The number of carbonyl (C=O) groups is 1. The molecule has 0 saturated carbocycles. The highest BCUT2D eigenvalue weighted by atomic mass is 35.5. The van der Waals surface area contributed by atoms with E-state index in [9.17, 15) is 4.79 Å². The minimum absolute atomic E-state index is 0.0137. The summed E-state index contributed by atoms with van der Waals surface area (Å²) in [5, 5.41) is 8.44. The largest absolute Gasteiger partial charge is 0.339 e. The van der Waals surface area contributed by atoms with E-state index in [1.807, 2.05) is 27.9 Å². The summed E-state index contributed by atoms with van der Waals surface area (Å²) in [7, 11) is 0. The van der Waals surface area contributed by atoms with Gasteiger partial charge in [-0.3, -0.25) is 4.79 Å². The Morgan fingerprint density at radius 3 is 2.86 bits per heavy atom. The van der Waals surface area contributed by atoms with Crippen molar-refractivity contribution in [2.75, 3.05) is 13.1 Å². The van der Waals surface area contributed by atoms with Crippen LogP contribution in [0.25, 0.3) is 0 Å². The lowest BCUT2D eigenvalue weighted by molar-refractivity contribution is 0.0760. The fourth-order valence-corrected chi connectivity index (χ4v) is 2.98. The Bertz CT molecular complexity index is 614. The molecule has 0 radical (unpaired) electrons. The standard InChI is InChI=1S/C15H17ClN4O/c16-14-6-2-1-5-13(14)15(21)19-9-3-4-12(7-10-19)20-11-8-17-18-20/h1-2,5-6,8,11-12H,3-4,7,9-10H2. The number of rotatable bonds is 2. The predicted octanol–water partition coefficient (Wildman–Crippen LogP) is 2.80. The van der Waals surface area contributed by atoms with Gasteiger partial charge in [-0.15, -0.1) is 5.10 Å². The van der Waals surface area contributed by atoms with Crippen LogP contribution in [0.5, 0.6) is 0 Å². The van der Waals surface area contributed by atoms with Gasteiger partial charge < -0.3 is 4.90 Å². The van der Waals surface area contributed by atoms with Gasteiger partial charge in [0.25, 0.3) is 5.91 Å². The van der Waals surface area contributed by atoms with Crippen LogP contribution in [-0.4, -0.2) is 38.9 Å². The highest BCUT2D eigenvalue weighted by molar-refractivity contribution is 6.33. The molecule has 1 aliphatic rings. The first kappa shape index (κ1) is 14.1. The number of hydrogen-bond donors (Lipinski definition) is 0. The Labute approximate surface area is 128 Å². The topological polar surface area (TPSA) is 51.0 Å². The van der Waals surface area contributed by atoms with Crippen LogP contribution >= 0.6 is 11.6 Å². The number of carbonyl (C=O) groups excluding carboxylic acids is 1. The van der Waals surface area contributed by atoms with Crippen molar-refractivity contribution in [3.05, 3.63) is 47.2 Å². The van der Waals surface area contributed by atoms with Crippen LogP contribution < -0.4 is 0 Å². The summed E-state index contributed by atoms with van der Waals surface area (Å²) in [5.74, 6) is 0.0137. The highest BCUT2D eigenvalue weighted by Gasteiger charge is 2.23. The molecule has 21 heavy (non-hydrogen) atoms. The van der Waals surface area contributed by atoms with Crippen molar-refractivity contribution >= 4 is 17.5 Å². The normalized spacial score (nSPS) is 19.3. The minimum atomic E-state index is 0.0137. The summed E-state index contributed by atoms with van der Waals surface area (Å²) < 4.78 is 1.89. The van der Waals surface area contributed by atoms with Crippen molar-refractivity contribution in [3.8, 4) is 0 Å². The van der Waals surface area contributed by atoms with Gasteiger partial charge in [0.2, 0.25) is 0 Å². The molecule has 1 aliphatic heterocycles. The molecular weight excluding hydrogens is 288 g/mol. The average Bonchev–Trinajstić information content (AvgIpc) is 2.92. The van der Waals surface area contributed by atoms with Gasteiger partial charge in [0.05, 0.1) is 22.8 Å². The third kappa shape index (κ3) is 3.08. The Balaban J connectivity index is 1.70. The van der Waals surface area contributed by atoms with E-state index in [0.717, 1.165) is 25.8 Å². The van der Waals surface area contributed by atoms with Crippen molar-refractivity contribution in [2.24, 2.45) is 0 Å². The zero-order chi connectivity index (χ0) is 14.7. The Hall–Kier alpha value is -1.88. The summed E-state index contributed by atoms with van der Waals surface area (Å²) in [4.78, 5) is 14.5. The maximum absolute atomic E-state index is 12.6. The molecule has 0 N–H and O–H groups in total. The molecule has 3 rings (SSSR count). The van der Waals surface area contributed by atoms with Gasteiger partial charge in [0.15, 0.2) is 0 Å². The van der Waals surface area contributed by atoms with Crippen LogP contribution in [0.2, 0.25) is 5.02 Å². The monoisotopic (exact) mass is 304 g/mol. The zero-order valence-electron chi connectivity index (χ0n) is 11.7. The van der Waals surface area contributed by atoms with E-state index < -0.39 is 0 Å². The van der Waals surface area contributed by atoms with Gasteiger partial charge >= 0.3 is 0 Å². The van der Waals surface area contributed by atoms with E-state index in [0.29, 0.717) is 23.2 Å². The molecule has 5 nitrogen and oxygen atoms in total. The summed E-state index contributed by atoms with van der Waals surface area (Å²) >= 11 is 6.12. The second-order valence-corrected chi connectivity index (χ2v) is 5.65. The third-order valence-corrected chi connectivity index (χ3v) is 4.23. The van der Waals surface area contributed by atoms with Crippen LogP contribution in [0.4, 0.5) is 0 Å². The molecule has 1 aromatic carbocycles. The van der Waals surface area contributed by atoms with Crippen LogP contribution in [0.15, 0.2) is 36.7 Å². The molecule has 2 aromatic rings. The lowest BCUT2D eigenvalue weighted by atomic mass is 10.1. The van der Waals surface area contributed by atoms with Crippen LogP contribution in [0.3, 0.4) is 0 Å². The number of likely N-dealkylation sites (tertiary alicyclic amines) is 1. The predicted molar refractivity (Wildman–Crippen MR) is 80.3 cm³/mol. The van der Waals surface area contributed by atoms with E-state index in [-0.39, 0.29) is 5.91 Å². The number of benzene rings is 1. The SMILES string of the molecule is O=C(c1ccccc1Cl)N1CCCC(n2ccnn2)CC1. The van der Waals surface area contributed by atoms with E-state index >= 15 is 0 Å². The molecular formula is C15H17ClN4O. The Kier molecular flexibility index (Phi) is 4.20. The van der Waals surface area contributed by atoms with Crippen LogP contribution in [-0.2, 0) is 0 Å². The fourth-order valence-electron chi connectivity index (χ4n) is 2.76. The number of amides is 1. The Morgan fingerprint density at radius 1 is 1.24 bits per heavy atom. The lowest BCUT2D eigenvalue weighted by Gasteiger charge is -2.21. The second kappa shape index (κ2) is 6.26. The molecule has 1 unspecified atom stereocenters. The minimum Gasteiger partial charge on any atom is -0.339 e. The van der Waals surface area contributed by atoms with E-state index in [4.69, 9.17) is 11.6 Å². The highest BCUT2D eigenvalue weighted by Crippen LogP contribution is 2.24. The molecule has 2 heterocycles. The second-order valence-electron chi connectivity index (χ2n) is 5.24. The summed E-state index contributed by atoms with van der Waals surface area (Å²) in [6.45, 7) is 1.48. The maximum Gasteiger partial charge on any atom is 0.255 e. The first-order valence-corrected chi connectivity index (χ1v) is 7.53. The average molecular weight is 305 g/mol. The van der Waals surface area contributed by atoms with Gasteiger partial charge in [0, 0.05) is 19.3 Å². The van der Waals surface area contributed by atoms with Crippen molar-refractivity contribution in [2.45, 2.75) is 25.3 Å². The number of nitrogens with zero attached hydrogens (tertiary/aromatic N) is 4. The maximum atomic E-state index is 12.6. The van der Waals surface area contributed by atoms with Gasteiger partial charge in [-0.25, -0.2) is 4.68 Å². The lowest BCUT2D eigenvalue weighted by Crippen LogP contribution is -2.32. The molecule has 110 valence electrons. The van der Waals surface area contributed by atoms with Crippen molar-refractivity contribution < 1.29 is 4.79 Å². The van der Waals surface area contributed by atoms with Gasteiger partial charge in [-0.1, -0.05) is 28.9 Å². The molecule has 1 saturated heterocycles. The smallest absolute Gasteiger partial charge is 0.255 e. The van der Waals surface area contributed by atoms with Crippen molar-refractivity contribution in [1.29, 1.82) is 0 Å². The molecule has 1 aromatic heterocycles. The van der Waals surface area contributed by atoms with Crippen molar-refractivity contribution in [3.63, 3.8) is 0 Å². The van der Waals surface area contributed by atoms with E-state index in [2.05, 4.69) is 10.3 Å². The van der Waals surface area contributed by atoms with Crippen molar-refractivity contribution in [1.82, 2.24) is 19.9 Å². The summed E-state index contributed by atoms with van der Waals surface area (Å²) in [5.41, 5.74) is 0.582. The molecule has 6 heteroatoms. The molecule has 0 bridgehead atoms. The van der Waals surface area contributed by atoms with E-state index in [1.165, 1.54) is 0 Å². The molecule has 1 atom stereocenters. The summed E-state index contributed by atoms with van der Waals surface area (Å²) in [6.07, 6.45) is 6.43. The zero-order valence-corrected chi connectivity index (χ0v) is 12.4. The van der Waals surface area contributed by atoms with Gasteiger partial charge in [-0.2, -0.15) is 0 Å². The third-order valence-electron chi connectivity index (χ3n) is 3.90. The van der Waals surface area contributed by atoms with Crippen LogP contribution in [0.1, 0.15) is 35.7 Å². The van der Waals surface area contributed by atoms with Gasteiger partial charge in [-0.05, 0) is 31.4 Å².